The third-order valence-electron chi connectivity index (χ3n) is 5.32. The van der Waals surface area contributed by atoms with E-state index >= 15 is 0 Å². The topological polar surface area (TPSA) is 44.6 Å². The minimum absolute atomic E-state index is 0.0408. The molecule has 158 valence electrons. The number of likely N-dealkylation sites (N-methyl/N-ethyl adjacent to an activating group) is 1. The van der Waals surface area contributed by atoms with Crippen molar-refractivity contribution in [2.75, 3.05) is 50.6 Å². The lowest BCUT2D eigenvalue weighted by Gasteiger charge is -2.35. The first kappa shape index (κ1) is 21.6. The normalized spacial score (nSPS) is 15.0. The molecule has 2 aromatic rings. The van der Waals surface area contributed by atoms with Gasteiger partial charge >= 0.3 is 0 Å². The smallest absolute Gasteiger partial charge is 0.237 e. The highest BCUT2D eigenvalue weighted by Crippen LogP contribution is 2.30. The molecule has 0 aliphatic carbocycles. The molecule has 29 heavy (non-hydrogen) atoms. The van der Waals surface area contributed by atoms with E-state index in [0.717, 1.165) is 49.7 Å². The number of nitrogens with zero attached hydrogens (tertiary/aromatic N) is 5. The van der Waals surface area contributed by atoms with Crippen LogP contribution < -0.4 is 4.90 Å². The average molecular weight is 422 g/mol. The number of hydrogen-bond acceptors (Lipinski definition) is 4. The maximum absolute atomic E-state index is 13.9. The fraction of sp³-hybridized carbons (Fsp3) is 0.524. The quantitative estimate of drug-likeness (QED) is 0.644. The van der Waals surface area contributed by atoms with E-state index < -0.39 is 0 Å². The Kier molecular flexibility index (Phi) is 7.14. The summed E-state index contributed by atoms with van der Waals surface area (Å²) in [5.74, 6) is 0.507. The Balaban J connectivity index is 2.06. The van der Waals surface area contributed by atoms with Crippen LogP contribution >= 0.6 is 11.6 Å². The predicted octanol–water partition coefficient (Wildman–Crippen LogP) is 3.05. The van der Waals surface area contributed by atoms with Crippen molar-refractivity contribution in [3.8, 4) is 5.69 Å². The third kappa shape index (κ3) is 4.90. The second kappa shape index (κ2) is 9.59. The number of rotatable bonds is 7. The fourth-order valence-electron chi connectivity index (χ4n) is 3.70. The molecule has 0 bridgehead atoms. The van der Waals surface area contributed by atoms with E-state index in [1.807, 2.05) is 24.6 Å². The standard InChI is InChI=1S/C21H29ClFN5O/c1-4-8-27(20(29)14-22)15-19-16(2)24-28(18-7-5-6-17(23)13-18)21(19)26-11-9-25(3)10-12-26/h5-7,13H,4,8-12,14-15H2,1-3H3. The summed E-state index contributed by atoms with van der Waals surface area (Å²) in [5.41, 5.74) is 2.51. The summed E-state index contributed by atoms with van der Waals surface area (Å²) in [4.78, 5) is 18.7. The van der Waals surface area contributed by atoms with Gasteiger partial charge in [0.15, 0.2) is 0 Å². The Bertz CT molecular complexity index is 848. The Morgan fingerprint density at radius 2 is 2.00 bits per heavy atom. The Hall–Kier alpha value is -2.12. The van der Waals surface area contributed by atoms with Gasteiger partial charge in [0.05, 0.1) is 17.9 Å². The number of carbonyl (C=O) groups is 1. The second-order valence-electron chi connectivity index (χ2n) is 7.52. The van der Waals surface area contributed by atoms with Gasteiger partial charge in [-0.15, -0.1) is 11.6 Å². The number of carbonyl (C=O) groups excluding carboxylic acids is 1. The van der Waals surface area contributed by atoms with Crippen molar-refractivity contribution in [3.63, 3.8) is 0 Å². The van der Waals surface area contributed by atoms with Crippen molar-refractivity contribution in [1.29, 1.82) is 0 Å². The molecule has 1 amide bonds. The SMILES string of the molecule is CCCN(Cc1c(C)nn(-c2cccc(F)c2)c1N1CCN(C)CC1)C(=O)CCl. The molecule has 1 aliphatic rings. The van der Waals surface area contributed by atoms with Crippen molar-refractivity contribution in [1.82, 2.24) is 19.6 Å². The number of aryl methyl sites for hydroxylation is 1. The Morgan fingerprint density at radius 1 is 1.28 bits per heavy atom. The summed E-state index contributed by atoms with van der Waals surface area (Å²) in [6, 6.07) is 6.46. The number of aromatic nitrogens is 2. The van der Waals surface area contributed by atoms with Gasteiger partial charge in [0.25, 0.3) is 0 Å². The van der Waals surface area contributed by atoms with Crippen LogP contribution in [0.15, 0.2) is 24.3 Å². The maximum atomic E-state index is 13.9. The monoisotopic (exact) mass is 421 g/mol. The van der Waals surface area contributed by atoms with Crippen LogP contribution in [0.3, 0.4) is 0 Å². The van der Waals surface area contributed by atoms with Crippen molar-refractivity contribution in [2.45, 2.75) is 26.8 Å². The van der Waals surface area contributed by atoms with Gasteiger partial charge in [-0.25, -0.2) is 9.07 Å². The number of anilines is 1. The van der Waals surface area contributed by atoms with Gasteiger partial charge in [-0.3, -0.25) is 4.79 Å². The molecule has 3 rings (SSSR count). The van der Waals surface area contributed by atoms with Crippen molar-refractivity contribution in [3.05, 3.63) is 41.3 Å². The average Bonchev–Trinajstić information content (AvgIpc) is 3.04. The van der Waals surface area contributed by atoms with Crippen LogP contribution in [0.1, 0.15) is 24.6 Å². The van der Waals surface area contributed by atoms with Gasteiger partial charge in [-0.1, -0.05) is 13.0 Å². The van der Waals surface area contributed by atoms with Crippen LogP contribution in [0.2, 0.25) is 0 Å². The number of amides is 1. The molecule has 0 saturated carbocycles. The van der Waals surface area contributed by atoms with Gasteiger partial charge < -0.3 is 14.7 Å². The second-order valence-corrected chi connectivity index (χ2v) is 7.79. The van der Waals surface area contributed by atoms with E-state index in [9.17, 15) is 9.18 Å². The molecule has 1 saturated heterocycles. The van der Waals surface area contributed by atoms with E-state index in [1.54, 1.807) is 11.0 Å². The number of alkyl halides is 1. The molecule has 0 atom stereocenters. The largest absolute Gasteiger partial charge is 0.354 e. The predicted molar refractivity (Wildman–Crippen MR) is 114 cm³/mol. The van der Waals surface area contributed by atoms with Crippen molar-refractivity contribution >= 4 is 23.3 Å². The number of hydrogen-bond donors (Lipinski definition) is 0. The summed E-state index contributed by atoms with van der Waals surface area (Å²) in [6.45, 7) is 8.64. The molecule has 0 unspecified atom stereocenters. The summed E-state index contributed by atoms with van der Waals surface area (Å²) in [6.07, 6.45) is 0.851. The highest BCUT2D eigenvalue weighted by molar-refractivity contribution is 6.27. The summed E-state index contributed by atoms with van der Waals surface area (Å²) in [5, 5.41) is 4.74. The van der Waals surface area contributed by atoms with E-state index in [1.165, 1.54) is 12.1 Å². The van der Waals surface area contributed by atoms with Gasteiger partial charge in [0, 0.05) is 38.3 Å². The lowest BCUT2D eigenvalue weighted by Crippen LogP contribution is -2.45. The minimum atomic E-state index is -0.300. The molecule has 6 nitrogen and oxygen atoms in total. The zero-order valence-corrected chi connectivity index (χ0v) is 18.1. The lowest BCUT2D eigenvalue weighted by molar-refractivity contribution is -0.129. The van der Waals surface area contributed by atoms with E-state index in [2.05, 4.69) is 16.8 Å². The number of benzene rings is 1. The zero-order valence-electron chi connectivity index (χ0n) is 17.4. The third-order valence-corrected chi connectivity index (χ3v) is 5.55. The number of halogens is 2. The Morgan fingerprint density at radius 3 is 2.62 bits per heavy atom. The zero-order chi connectivity index (χ0) is 21.0. The molecule has 1 aromatic carbocycles. The van der Waals surface area contributed by atoms with Crippen molar-refractivity contribution < 1.29 is 9.18 Å². The van der Waals surface area contributed by atoms with E-state index in [-0.39, 0.29) is 17.6 Å². The molecular formula is C21H29ClFN5O. The molecule has 0 radical (unpaired) electrons. The highest BCUT2D eigenvalue weighted by atomic mass is 35.5. The van der Waals surface area contributed by atoms with Crippen LogP contribution in [-0.2, 0) is 11.3 Å². The molecule has 0 N–H and O–H groups in total. The minimum Gasteiger partial charge on any atom is -0.354 e. The summed E-state index contributed by atoms with van der Waals surface area (Å²) in [7, 11) is 2.11. The van der Waals surface area contributed by atoms with Gasteiger partial charge in [0.1, 0.15) is 17.5 Å². The lowest BCUT2D eigenvalue weighted by atomic mass is 10.2. The van der Waals surface area contributed by atoms with E-state index in [0.29, 0.717) is 18.8 Å². The first-order valence-corrected chi connectivity index (χ1v) is 10.6. The van der Waals surface area contributed by atoms with Gasteiger partial charge in [-0.2, -0.15) is 5.10 Å². The highest BCUT2D eigenvalue weighted by Gasteiger charge is 2.26. The first-order valence-electron chi connectivity index (χ1n) is 10.1. The first-order chi connectivity index (χ1) is 13.9. The molecule has 0 spiro atoms. The fourth-order valence-corrected chi connectivity index (χ4v) is 3.87. The van der Waals surface area contributed by atoms with Crippen LogP contribution in [-0.4, -0.2) is 71.1 Å². The molecular weight excluding hydrogens is 393 g/mol. The molecule has 2 heterocycles. The molecule has 1 aromatic heterocycles. The van der Waals surface area contributed by atoms with E-state index in [4.69, 9.17) is 16.7 Å². The van der Waals surface area contributed by atoms with Crippen LogP contribution in [0, 0.1) is 12.7 Å². The molecule has 1 aliphatic heterocycles. The van der Waals surface area contributed by atoms with Crippen LogP contribution in [0.5, 0.6) is 0 Å². The van der Waals surface area contributed by atoms with Crippen LogP contribution in [0.4, 0.5) is 10.2 Å². The number of piperazine rings is 1. The van der Waals surface area contributed by atoms with Crippen molar-refractivity contribution in [2.24, 2.45) is 0 Å². The Labute approximate surface area is 176 Å². The molecule has 8 heteroatoms. The summed E-state index contributed by atoms with van der Waals surface area (Å²) < 4.78 is 15.7. The van der Waals surface area contributed by atoms with Crippen LogP contribution in [0.25, 0.3) is 5.69 Å². The molecule has 1 fully saturated rings. The summed E-state index contributed by atoms with van der Waals surface area (Å²) >= 11 is 5.84. The van der Waals surface area contributed by atoms with Gasteiger partial charge in [-0.05, 0) is 38.6 Å². The maximum Gasteiger partial charge on any atom is 0.237 e. The van der Waals surface area contributed by atoms with Gasteiger partial charge in [0.2, 0.25) is 5.91 Å².